The lowest BCUT2D eigenvalue weighted by molar-refractivity contribution is 0.0958. The van der Waals surface area contributed by atoms with E-state index in [0.717, 1.165) is 28.2 Å². The number of anilines is 1. The molecule has 6 nitrogen and oxygen atoms in total. The first-order valence-electron chi connectivity index (χ1n) is 7.95. The molecule has 0 aliphatic carbocycles. The Kier molecular flexibility index (Phi) is 5.60. The van der Waals surface area contributed by atoms with Gasteiger partial charge in [0.05, 0.1) is 11.9 Å². The predicted molar refractivity (Wildman–Crippen MR) is 104 cm³/mol. The lowest BCUT2D eigenvalue weighted by atomic mass is 10.2. The third-order valence-corrected chi connectivity index (χ3v) is 4.49. The van der Waals surface area contributed by atoms with Crippen molar-refractivity contribution in [1.82, 2.24) is 10.4 Å². The van der Waals surface area contributed by atoms with Gasteiger partial charge in [-0.1, -0.05) is 53.8 Å². The molecule has 26 heavy (non-hydrogen) atoms. The van der Waals surface area contributed by atoms with Crippen LogP contribution in [0.3, 0.4) is 0 Å². The Morgan fingerprint density at radius 3 is 2.81 bits per heavy atom. The van der Waals surface area contributed by atoms with Crippen LogP contribution >= 0.6 is 11.3 Å². The highest BCUT2D eigenvalue weighted by Crippen LogP contribution is 2.19. The number of nitrogens with one attached hydrogen (secondary N) is 1. The van der Waals surface area contributed by atoms with E-state index in [1.165, 1.54) is 0 Å². The van der Waals surface area contributed by atoms with E-state index >= 15 is 0 Å². The van der Waals surface area contributed by atoms with E-state index in [4.69, 9.17) is 10.5 Å². The fourth-order valence-electron chi connectivity index (χ4n) is 2.27. The van der Waals surface area contributed by atoms with Crippen molar-refractivity contribution in [3.8, 4) is 5.75 Å². The fourth-order valence-corrected chi connectivity index (χ4v) is 2.99. The van der Waals surface area contributed by atoms with E-state index in [1.54, 1.807) is 13.1 Å². The molecular weight excluding hydrogens is 348 g/mol. The lowest BCUT2D eigenvalue weighted by Gasteiger charge is -2.06. The van der Waals surface area contributed by atoms with Crippen LogP contribution in [0.2, 0.25) is 0 Å². The number of aryl methyl sites for hydroxylation is 1. The van der Waals surface area contributed by atoms with Crippen LogP contribution in [0.15, 0.2) is 59.7 Å². The van der Waals surface area contributed by atoms with Crippen molar-refractivity contribution >= 4 is 28.6 Å². The van der Waals surface area contributed by atoms with Crippen LogP contribution < -0.4 is 15.9 Å². The van der Waals surface area contributed by atoms with Crippen molar-refractivity contribution in [3.63, 3.8) is 0 Å². The summed E-state index contributed by atoms with van der Waals surface area (Å²) in [5.41, 5.74) is 10.6. The summed E-state index contributed by atoms with van der Waals surface area (Å²) in [6, 6.07) is 17.4. The second-order valence-corrected chi connectivity index (χ2v) is 6.54. The molecular formula is C19H18N4O2S. The van der Waals surface area contributed by atoms with Gasteiger partial charge in [-0.2, -0.15) is 5.10 Å². The second-order valence-electron chi connectivity index (χ2n) is 5.51. The standard InChI is InChI=1S/C19H18N4O2S/c1-13-17(26-19(20)22-13)18(24)23-21-11-15-8-5-9-16(10-15)25-12-14-6-3-2-4-7-14/h2-11H,12H2,1H3,(H2,20,22)(H,23,24)/b21-11+. The molecule has 3 aromatic rings. The summed E-state index contributed by atoms with van der Waals surface area (Å²) in [4.78, 5) is 16.5. The minimum absolute atomic E-state index is 0.329. The Balaban J connectivity index is 1.58. The second kappa shape index (κ2) is 8.26. The van der Waals surface area contributed by atoms with Crippen LogP contribution in [0.1, 0.15) is 26.5 Å². The van der Waals surface area contributed by atoms with Crippen molar-refractivity contribution in [2.24, 2.45) is 5.10 Å². The first-order valence-corrected chi connectivity index (χ1v) is 8.76. The Bertz CT molecular complexity index is 922. The molecule has 0 saturated carbocycles. The normalized spacial score (nSPS) is 10.8. The molecule has 0 aliphatic heterocycles. The number of nitrogens with zero attached hydrogens (tertiary/aromatic N) is 2. The van der Waals surface area contributed by atoms with Crippen LogP contribution in [0.5, 0.6) is 5.75 Å². The number of ether oxygens (including phenoxy) is 1. The van der Waals surface area contributed by atoms with Gasteiger partial charge in [0, 0.05) is 0 Å². The third kappa shape index (κ3) is 4.67. The molecule has 1 aromatic heterocycles. The number of carbonyl (C=O) groups is 1. The number of aromatic nitrogens is 1. The number of thiazole rings is 1. The molecule has 3 N–H and O–H groups in total. The summed E-state index contributed by atoms with van der Waals surface area (Å²) in [6.45, 7) is 2.23. The highest BCUT2D eigenvalue weighted by molar-refractivity contribution is 7.17. The molecule has 2 aromatic carbocycles. The smallest absolute Gasteiger partial charge is 0.283 e. The quantitative estimate of drug-likeness (QED) is 0.517. The summed E-state index contributed by atoms with van der Waals surface area (Å²) in [5, 5.41) is 4.35. The average molecular weight is 366 g/mol. The Hall–Kier alpha value is -3.19. The van der Waals surface area contributed by atoms with Crippen molar-refractivity contribution in [1.29, 1.82) is 0 Å². The Morgan fingerprint density at radius 1 is 1.27 bits per heavy atom. The highest BCUT2D eigenvalue weighted by Gasteiger charge is 2.13. The van der Waals surface area contributed by atoms with Gasteiger partial charge >= 0.3 is 0 Å². The van der Waals surface area contributed by atoms with Gasteiger partial charge in [0.1, 0.15) is 17.2 Å². The monoisotopic (exact) mass is 366 g/mol. The van der Waals surface area contributed by atoms with Crippen LogP contribution in [-0.2, 0) is 6.61 Å². The molecule has 132 valence electrons. The topological polar surface area (TPSA) is 89.6 Å². The first kappa shape index (κ1) is 17.6. The molecule has 1 heterocycles. The van der Waals surface area contributed by atoms with Crippen LogP contribution in [0.4, 0.5) is 5.13 Å². The minimum Gasteiger partial charge on any atom is -0.489 e. The van der Waals surface area contributed by atoms with Crippen LogP contribution in [0, 0.1) is 6.92 Å². The minimum atomic E-state index is -0.329. The van der Waals surface area contributed by atoms with E-state index in [-0.39, 0.29) is 5.91 Å². The lowest BCUT2D eigenvalue weighted by Crippen LogP contribution is -2.17. The molecule has 0 bridgehead atoms. The number of rotatable bonds is 6. The van der Waals surface area contributed by atoms with Crippen molar-refractivity contribution in [3.05, 3.63) is 76.3 Å². The molecule has 7 heteroatoms. The van der Waals surface area contributed by atoms with Crippen molar-refractivity contribution < 1.29 is 9.53 Å². The average Bonchev–Trinajstić information content (AvgIpc) is 2.99. The summed E-state index contributed by atoms with van der Waals surface area (Å²) in [6.07, 6.45) is 1.56. The summed E-state index contributed by atoms with van der Waals surface area (Å²) in [5.74, 6) is 0.402. The van der Waals surface area contributed by atoms with Crippen LogP contribution in [0.25, 0.3) is 0 Å². The number of hydrogen-bond donors (Lipinski definition) is 2. The maximum absolute atomic E-state index is 12.1. The Morgan fingerprint density at radius 2 is 2.08 bits per heavy atom. The highest BCUT2D eigenvalue weighted by atomic mass is 32.1. The van der Waals surface area contributed by atoms with Gasteiger partial charge in [-0.25, -0.2) is 10.4 Å². The number of hydrogen-bond acceptors (Lipinski definition) is 6. The molecule has 3 rings (SSSR count). The number of hydrazone groups is 1. The van der Waals surface area contributed by atoms with Crippen LogP contribution in [-0.4, -0.2) is 17.1 Å². The van der Waals surface area contributed by atoms with Gasteiger partial charge in [-0.15, -0.1) is 0 Å². The SMILES string of the molecule is Cc1nc(N)sc1C(=O)N/N=C/c1cccc(OCc2ccccc2)c1. The zero-order chi connectivity index (χ0) is 18.4. The maximum Gasteiger partial charge on any atom is 0.283 e. The number of carbonyl (C=O) groups excluding carboxylic acids is 1. The van der Waals surface area contributed by atoms with Gasteiger partial charge in [0.2, 0.25) is 0 Å². The molecule has 0 unspecified atom stereocenters. The largest absolute Gasteiger partial charge is 0.489 e. The van der Waals surface area contributed by atoms with Crippen molar-refractivity contribution in [2.75, 3.05) is 5.73 Å². The van der Waals surface area contributed by atoms with Gasteiger partial charge < -0.3 is 10.5 Å². The molecule has 0 radical (unpaired) electrons. The fraction of sp³-hybridized carbons (Fsp3) is 0.105. The molecule has 0 spiro atoms. The molecule has 0 saturated heterocycles. The van der Waals surface area contributed by atoms with E-state index in [0.29, 0.717) is 22.3 Å². The zero-order valence-corrected chi connectivity index (χ0v) is 15.0. The predicted octanol–water partition coefficient (Wildman–Crippen LogP) is 3.38. The van der Waals surface area contributed by atoms with Gasteiger partial charge in [-0.3, -0.25) is 4.79 Å². The maximum atomic E-state index is 12.1. The van der Waals surface area contributed by atoms with E-state index in [1.807, 2.05) is 54.6 Å². The number of nitrogens with two attached hydrogens (primary N) is 1. The van der Waals surface area contributed by atoms with E-state index in [2.05, 4.69) is 15.5 Å². The summed E-state index contributed by atoms with van der Waals surface area (Å²) >= 11 is 1.14. The number of benzene rings is 2. The number of amides is 1. The number of nitrogen functional groups attached to an aromatic ring is 1. The van der Waals surface area contributed by atoms with Gasteiger partial charge in [0.15, 0.2) is 5.13 Å². The summed E-state index contributed by atoms with van der Waals surface area (Å²) in [7, 11) is 0. The molecule has 0 fully saturated rings. The molecule has 0 atom stereocenters. The van der Waals surface area contributed by atoms with Gasteiger partial charge in [-0.05, 0) is 30.2 Å². The van der Waals surface area contributed by atoms with E-state index in [9.17, 15) is 4.79 Å². The zero-order valence-electron chi connectivity index (χ0n) is 14.2. The third-order valence-electron chi connectivity index (χ3n) is 3.51. The summed E-state index contributed by atoms with van der Waals surface area (Å²) < 4.78 is 5.78. The molecule has 0 aliphatic rings. The van der Waals surface area contributed by atoms with E-state index < -0.39 is 0 Å². The van der Waals surface area contributed by atoms with Crippen molar-refractivity contribution in [2.45, 2.75) is 13.5 Å². The first-order chi connectivity index (χ1) is 12.6. The Labute approximate surface area is 155 Å². The molecule has 1 amide bonds. The van der Waals surface area contributed by atoms with Gasteiger partial charge in [0.25, 0.3) is 5.91 Å².